The molecule has 0 bridgehead atoms. The number of para-hydroxylation sites is 2. The molecular formula is C39H26O. The summed E-state index contributed by atoms with van der Waals surface area (Å²) in [6.07, 6.45) is 0. The van der Waals surface area contributed by atoms with Crippen LogP contribution in [0.3, 0.4) is 0 Å². The summed E-state index contributed by atoms with van der Waals surface area (Å²) in [5, 5.41) is 7.40. The van der Waals surface area contributed by atoms with E-state index < -0.39 is 0 Å². The highest BCUT2D eigenvalue weighted by molar-refractivity contribution is 6.21. The molecule has 0 amide bonds. The van der Waals surface area contributed by atoms with Gasteiger partial charge in [0, 0.05) is 16.3 Å². The molecule has 0 radical (unpaired) electrons. The van der Waals surface area contributed by atoms with E-state index in [0.29, 0.717) is 0 Å². The molecule has 0 saturated heterocycles. The fraction of sp³-hybridized carbons (Fsp3) is 0.0256. The molecule has 0 atom stereocenters. The summed E-state index contributed by atoms with van der Waals surface area (Å²) in [5.41, 5.74) is 10.4. The summed E-state index contributed by atoms with van der Waals surface area (Å²) in [7, 11) is 0. The van der Waals surface area contributed by atoms with Crippen molar-refractivity contribution in [3.63, 3.8) is 0 Å². The summed E-state index contributed by atoms with van der Waals surface area (Å²) >= 11 is 0. The maximum Gasteiger partial charge on any atom is 0.143 e. The van der Waals surface area contributed by atoms with Crippen molar-refractivity contribution >= 4 is 43.5 Å². The molecule has 0 saturated carbocycles. The number of hydrogen-bond donors (Lipinski definition) is 0. The van der Waals surface area contributed by atoms with E-state index in [1.165, 1.54) is 49.4 Å². The number of benzene rings is 7. The molecule has 8 rings (SSSR count). The second-order valence-corrected chi connectivity index (χ2v) is 10.6. The molecule has 40 heavy (non-hydrogen) atoms. The molecular weight excluding hydrogens is 484 g/mol. The zero-order valence-electron chi connectivity index (χ0n) is 22.2. The minimum atomic E-state index is 0.924. The number of hydrogen-bond acceptors (Lipinski definition) is 1. The third kappa shape index (κ3) is 3.48. The Balaban J connectivity index is 1.35. The highest BCUT2D eigenvalue weighted by atomic mass is 16.3. The van der Waals surface area contributed by atoms with Crippen LogP contribution >= 0.6 is 0 Å². The lowest BCUT2D eigenvalue weighted by Crippen LogP contribution is -1.91. The Morgan fingerprint density at radius 3 is 1.57 bits per heavy atom. The normalized spacial score (nSPS) is 11.6. The molecule has 1 nitrogen and oxygen atoms in total. The first kappa shape index (κ1) is 22.8. The molecule has 0 N–H and O–H groups in total. The third-order valence-corrected chi connectivity index (χ3v) is 8.13. The largest absolute Gasteiger partial charge is 0.455 e. The van der Waals surface area contributed by atoms with Crippen molar-refractivity contribution in [1.29, 1.82) is 0 Å². The van der Waals surface area contributed by atoms with Crippen molar-refractivity contribution in [1.82, 2.24) is 0 Å². The highest BCUT2D eigenvalue weighted by Crippen LogP contribution is 2.44. The van der Waals surface area contributed by atoms with Crippen LogP contribution in [0.25, 0.3) is 76.9 Å². The average Bonchev–Trinajstić information content (AvgIpc) is 3.39. The van der Waals surface area contributed by atoms with Gasteiger partial charge in [0.05, 0.1) is 0 Å². The predicted molar refractivity (Wildman–Crippen MR) is 170 cm³/mol. The van der Waals surface area contributed by atoms with Gasteiger partial charge in [-0.1, -0.05) is 139 Å². The van der Waals surface area contributed by atoms with Gasteiger partial charge in [-0.3, -0.25) is 0 Å². The first-order valence-corrected chi connectivity index (χ1v) is 13.8. The lowest BCUT2D eigenvalue weighted by atomic mass is 9.85. The van der Waals surface area contributed by atoms with Crippen molar-refractivity contribution < 1.29 is 4.42 Å². The van der Waals surface area contributed by atoms with Crippen molar-refractivity contribution in [3.8, 4) is 33.4 Å². The van der Waals surface area contributed by atoms with E-state index in [4.69, 9.17) is 4.42 Å². The fourth-order valence-corrected chi connectivity index (χ4v) is 6.34. The van der Waals surface area contributed by atoms with Gasteiger partial charge in [-0.25, -0.2) is 0 Å². The Morgan fingerprint density at radius 2 is 0.925 bits per heavy atom. The molecule has 0 fully saturated rings. The summed E-state index contributed by atoms with van der Waals surface area (Å²) in [4.78, 5) is 0. The van der Waals surface area contributed by atoms with Crippen molar-refractivity contribution in [2.75, 3.05) is 0 Å². The quantitative estimate of drug-likeness (QED) is 0.215. The smallest absolute Gasteiger partial charge is 0.143 e. The van der Waals surface area contributed by atoms with E-state index >= 15 is 0 Å². The number of fused-ring (bicyclic) bond motifs is 5. The van der Waals surface area contributed by atoms with Gasteiger partial charge in [-0.05, 0) is 62.4 Å². The van der Waals surface area contributed by atoms with Crippen LogP contribution in [0.5, 0.6) is 0 Å². The van der Waals surface area contributed by atoms with E-state index in [0.717, 1.165) is 33.1 Å². The monoisotopic (exact) mass is 510 g/mol. The third-order valence-electron chi connectivity index (χ3n) is 8.13. The lowest BCUT2D eigenvalue weighted by Gasteiger charge is -2.18. The Hall–Kier alpha value is -5.14. The Kier molecular flexibility index (Phi) is 5.11. The van der Waals surface area contributed by atoms with Gasteiger partial charge < -0.3 is 4.42 Å². The van der Waals surface area contributed by atoms with Gasteiger partial charge in [0.15, 0.2) is 0 Å². The molecule has 1 heterocycles. The first-order chi connectivity index (χ1) is 19.8. The second-order valence-electron chi connectivity index (χ2n) is 10.6. The van der Waals surface area contributed by atoms with Crippen LogP contribution in [0.2, 0.25) is 0 Å². The molecule has 0 unspecified atom stereocenters. The summed E-state index contributed by atoms with van der Waals surface area (Å²) in [6.45, 7) is 2.16. The minimum absolute atomic E-state index is 0.924. The van der Waals surface area contributed by atoms with E-state index in [-0.39, 0.29) is 0 Å². The number of furan rings is 1. The fourth-order valence-electron chi connectivity index (χ4n) is 6.34. The molecule has 0 spiro atoms. The van der Waals surface area contributed by atoms with Crippen LogP contribution in [-0.4, -0.2) is 0 Å². The lowest BCUT2D eigenvalue weighted by molar-refractivity contribution is 0.670. The van der Waals surface area contributed by atoms with E-state index in [9.17, 15) is 0 Å². The van der Waals surface area contributed by atoms with Gasteiger partial charge in [0.25, 0.3) is 0 Å². The van der Waals surface area contributed by atoms with Crippen molar-refractivity contribution in [2.45, 2.75) is 6.92 Å². The second kappa shape index (κ2) is 8.97. The number of aryl methyl sites for hydroxylation is 1. The maximum absolute atomic E-state index is 6.33. The van der Waals surface area contributed by atoms with Gasteiger partial charge in [0.2, 0.25) is 0 Å². The Bertz CT molecular complexity index is 2160. The molecule has 1 heteroatoms. The topological polar surface area (TPSA) is 13.1 Å². The maximum atomic E-state index is 6.33. The predicted octanol–water partition coefficient (Wildman–Crippen LogP) is 11.2. The van der Waals surface area contributed by atoms with Crippen LogP contribution in [0.15, 0.2) is 144 Å². The first-order valence-electron chi connectivity index (χ1n) is 13.8. The SMILES string of the molecule is Cc1cccc(-c2c3ccccc3c(-c3ccc(-c4cccc5c4oc4ccccc45)cc3)c3ccccc23)c1. The van der Waals surface area contributed by atoms with Gasteiger partial charge in [-0.15, -0.1) is 0 Å². The van der Waals surface area contributed by atoms with E-state index in [1.54, 1.807) is 0 Å². The Labute approximate surface area is 232 Å². The number of rotatable bonds is 3. The van der Waals surface area contributed by atoms with E-state index in [1.807, 2.05) is 12.1 Å². The zero-order valence-corrected chi connectivity index (χ0v) is 22.2. The molecule has 0 aliphatic rings. The van der Waals surface area contributed by atoms with Crippen LogP contribution in [0.4, 0.5) is 0 Å². The molecule has 0 aliphatic carbocycles. The average molecular weight is 511 g/mol. The minimum Gasteiger partial charge on any atom is -0.455 e. The van der Waals surface area contributed by atoms with Gasteiger partial charge in [-0.2, -0.15) is 0 Å². The Morgan fingerprint density at radius 1 is 0.400 bits per heavy atom. The summed E-state index contributed by atoms with van der Waals surface area (Å²) < 4.78 is 6.33. The van der Waals surface area contributed by atoms with Gasteiger partial charge >= 0.3 is 0 Å². The van der Waals surface area contributed by atoms with Crippen LogP contribution < -0.4 is 0 Å². The van der Waals surface area contributed by atoms with Gasteiger partial charge in [0.1, 0.15) is 11.2 Å². The summed E-state index contributed by atoms with van der Waals surface area (Å²) in [5.74, 6) is 0. The van der Waals surface area contributed by atoms with Crippen molar-refractivity contribution in [3.05, 3.63) is 145 Å². The zero-order chi connectivity index (χ0) is 26.6. The molecule has 188 valence electrons. The molecule has 0 aliphatic heterocycles. The highest BCUT2D eigenvalue weighted by Gasteiger charge is 2.17. The summed E-state index contributed by atoms with van der Waals surface area (Å²) in [6, 6.07) is 50.2. The van der Waals surface area contributed by atoms with Crippen molar-refractivity contribution in [2.24, 2.45) is 0 Å². The van der Waals surface area contributed by atoms with Crippen LogP contribution in [0.1, 0.15) is 5.56 Å². The van der Waals surface area contributed by atoms with Crippen LogP contribution in [-0.2, 0) is 0 Å². The van der Waals surface area contributed by atoms with E-state index in [2.05, 4.69) is 134 Å². The standard InChI is InChI=1S/C39H26O/c1-25-10-8-11-28(24-25)38-33-15-4-2-13-31(33)37(32-14-3-5-16-34(32)38)27-22-20-26(21-23-27)29-17-9-18-35-30-12-6-7-19-36(30)40-39(29)35/h2-24H,1H3. The van der Waals surface area contributed by atoms with Crippen LogP contribution in [0, 0.1) is 6.92 Å². The molecule has 8 aromatic rings. The molecule has 7 aromatic carbocycles. The molecule has 1 aromatic heterocycles.